The van der Waals surface area contributed by atoms with E-state index in [0.29, 0.717) is 32.0 Å². The van der Waals surface area contributed by atoms with Gasteiger partial charge < -0.3 is 9.64 Å². The highest BCUT2D eigenvalue weighted by atomic mass is 16.5. The number of amides is 1. The second-order valence-electron chi connectivity index (χ2n) is 10.4. The van der Waals surface area contributed by atoms with Crippen LogP contribution in [0.4, 0.5) is 0 Å². The highest BCUT2D eigenvalue weighted by Crippen LogP contribution is 2.20. The van der Waals surface area contributed by atoms with E-state index in [0.717, 1.165) is 25.7 Å². The Morgan fingerprint density at radius 3 is 1.62 bits per heavy atom. The summed E-state index contributed by atoms with van der Waals surface area (Å²) in [7, 11) is 0. The lowest BCUT2D eigenvalue weighted by Crippen LogP contribution is -2.41. The molecule has 4 nitrogen and oxygen atoms in total. The molecule has 0 aromatic heterocycles. The van der Waals surface area contributed by atoms with Crippen molar-refractivity contribution >= 4 is 11.9 Å². The van der Waals surface area contributed by atoms with Gasteiger partial charge in [0.05, 0.1) is 12.5 Å². The van der Waals surface area contributed by atoms with E-state index in [-0.39, 0.29) is 17.8 Å². The summed E-state index contributed by atoms with van der Waals surface area (Å²) in [5.41, 5.74) is 0. The predicted octanol–water partition coefficient (Wildman–Crippen LogP) is 7.69. The van der Waals surface area contributed by atoms with Crippen LogP contribution in [-0.4, -0.2) is 36.5 Å². The van der Waals surface area contributed by atoms with Gasteiger partial charge in [-0.05, 0) is 25.2 Å². The molecule has 0 saturated carbocycles. The van der Waals surface area contributed by atoms with Gasteiger partial charge >= 0.3 is 5.97 Å². The van der Waals surface area contributed by atoms with Gasteiger partial charge in [-0.1, -0.05) is 111 Å². The molecule has 0 unspecified atom stereocenters. The molecule has 0 spiro atoms. The van der Waals surface area contributed by atoms with Crippen LogP contribution >= 0.6 is 0 Å². The number of esters is 1. The number of hydrogen-bond acceptors (Lipinski definition) is 3. The average molecular weight is 452 g/mol. The summed E-state index contributed by atoms with van der Waals surface area (Å²) in [5, 5.41) is 0. The van der Waals surface area contributed by atoms with Crippen molar-refractivity contribution in [3.63, 3.8) is 0 Å². The fourth-order valence-corrected chi connectivity index (χ4v) is 4.61. The number of unbranched alkanes of at least 4 members (excludes halogenated alkanes) is 14. The van der Waals surface area contributed by atoms with E-state index in [1.165, 1.54) is 83.5 Å². The van der Waals surface area contributed by atoms with Crippen LogP contribution in [0.1, 0.15) is 136 Å². The average Bonchev–Trinajstić information content (AvgIpc) is 2.78. The minimum atomic E-state index is -0.0497. The van der Waals surface area contributed by atoms with Crippen molar-refractivity contribution < 1.29 is 14.3 Å². The van der Waals surface area contributed by atoms with E-state index < -0.39 is 0 Å². The molecule has 1 saturated heterocycles. The monoisotopic (exact) mass is 451 g/mol. The van der Waals surface area contributed by atoms with Crippen molar-refractivity contribution in [1.29, 1.82) is 0 Å². The molecule has 1 aliphatic rings. The normalized spacial score (nSPS) is 14.8. The summed E-state index contributed by atoms with van der Waals surface area (Å²) in [6.07, 6.45) is 22.2. The van der Waals surface area contributed by atoms with E-state index in [4.69, 9.17) is 4.74 Å². The molecule has 188 valence electrons. The fourth-order valence-electron chi connectivity index (χ4n) is 4.61. The summed E-state index contributed by atoms with van der Waals surface area (Å²) in [4.78, 5) is 26.3. The first-order valence-corrected chi connectivity index (χ1v) is 14.0. The third-order valence-corrected chi connectivity index (χ3v) is 6.76. The third-order valence-electron chi connectivity index (χ3n) is 6.76. The standard InChI is InChI=1S/C28H53NO3/c1-4-5-6-7-8-9-10-11-12-13-14-15-16-17-18-23-32-28(31)26-19-21-29(22-20-26)27(30)24-25(2)3/h25-26H,4-24H2,1-3H3. The first kappa shape index (κ1) is 29.0. The number of ether oxygens (including phenoxy) is 1. The maximum absolute atomic E-state index is 12.3. The Kier molecular flexibility index (Phi) is 17.6. The minimum absolute atomic E-state index is 0.0190. The van der Waals surface area contributed by atoms with Crippen molar-refractivity contribution in [3.05, 3.63) is 0 Å². The number of hydrogen-bond donors (Lipinski definition) is 0. The second kappa shape index (κ2) is 19.4. The van der Waals surface area contributed by atoms with Crippen molar-refractivity contribution in [2.75, 3.05) is 19.7 Å². The topological polar surface area (TPSA) is 46.6 Å². The summed E-state index contributed by atoms with van der Waals surface area (Å²) in [6, 6.07) is 0. The van der Waals surface area contributed by atoms with Crippen LogP contribution in [0, 0.1) is 11.8 Å². The van der Waals surface area contributed by atoms with Gasteiger partial charge in [0, 0.05) is 19.5 Å². The molecule has 1 rings (SSSR count). The Hall–Kier alpha value is -1.06. The van der Waals surface area contributed by atoms with Crippen LogP contribution in [-0.2, 0) is 14.3 Å². The molecule has 1 heterocycles. The molecule has 0 N–H and O–H groups in total. The van der Waals surface area contributed by atoms with E-state index in [2.05, 4.69) is 20.8 Å². The molecule has 32 heavy (non-hydrogen) atoms. The molecule has 1 fully saturated rings. The molecule has 0 aromatic rings. The first-order valence-electron chi connectivity index (χ1n) is 14.0. The Labute approximate surface area is 199 Å². The quantitative estimate of drug-likeness (QED) is 0.149. The molecule has 1 aliphatic heterocycles. The molecular formula is C28H53NO3. The Morgan fingerprint density at radius 2 is 1.19 bits per heavy atom. The van der Waals surface area contributed by atoms with E-state index in [9.17, 15) is 9.59 Å². The number of piperidine rings is 1. The second-order valence-corrected chi connectivity index (χ2v) is 10.4. The first-order chi connectivity index (χ1) is 15.5. The highest BCUT2D eigenvalue weighted by Gasteiger charge is 2.28. The largest absolute Gasteiger partial charge is 0.465 e. The zero-order valence-electron chi connectivity index (χ0n) is 21.7. The predicted molar refractivity (Wildman–Crippen MR) is 135 cm³/mol. The van der Waals surface area contributed by atoms with E-state index in [1.807, 2.05) is 4.90 Å². The molecule has 0 atom stereocenters. The SMILES string of the molecule is CCCCCCCCCCCCCCCCCOC(=O)C1CCN(C(=O)CC(C)C)CC1. The van der Waals surface area contributed by atoms with Gasteiger partial charge in [0.15, 0.2) is 0 Å². The molecule has 0 aliphatic carbocycles. The van der Waals surface area contributed by atoms with Gasteiger partial charge in [-0.15, -0.1) is 0 Å². The summed E-state index contributed by atoms with van der Waals surface area (Å²) >= 11 is 0. The summed E-state index contributed by atoms with van der Waals surface area (Å²) in [6.45, 7) is 8.37. The number of rotatable bonds is 19. The minimum Gasteiger partial charge on any atom is -0.465 e. The third kappa shape index (κ3) is 14.9. The van der Waals surface area contributed by atoms with Crippen molar-refractivity contribution in [3.8, 4) is 0 Å². The number of carbonyl (C=O) groups is 2. The van der Waals surface area contributed by atoms with Gasteiger partial charge in [0.1, 0.15) is 0 Å². The molecule has 1 amide bonds. The lowest BCUT2D eigenvalue weighted by atomic mass is 9.96. The molecule has 0 aromatic carbocycles. The van der Waals surface area contributed by atoms with Crippen LogP contribution in [0.25, 0.3) is 0 Å². The lowest BCUT2D eigenvalue weighted by molar-refractivity contribution is -0.152. The van der Waals surface area contributed by atoms with Crippen LogP contribution in [0.15, 0.2) is 0 Å². The number of nitrogens with zero attached hydrogens (tertiary/aromatic N) is 1. The van der Waals surface area contributed by atoms with Gasteiger partial charge in [-0.3, -0.25) is 9.59 Å². The molecule has 4 heteroatoms. The van der Waals surface area contributed by atoms with E-state index in [1.54, 1.807) is 0 Å². The van der Waals surface area contributed by atoms with Crippen LogP contribution in [0.2, 0.25) is 0 Å². The van der Waals surface area contributed by atoms with Gasteiger partial charge in [0.25, 0.3) is 0 Å². The van der Waals surface area contributed by atoms with Gasteiger partial charge in [0.2, 0.25) is 5.91 Å². The maximum Gasteiger partial charge on any atom is 0.309 e. The van der Waals surface area contributed by atoms with Crippen LogP contribution < -0.4 is 0 Å². The maximum atomic E-state index is 12.3. The van der Waals surface area contributed by atoms with Gasteiger partial charge in [-0.25, -0.2) is 0 Å². The molecule has 0 bridgehead atoms. The summed E-state index contributed by atoms with van der Waals surface area (Å²) < 4.78 is 5.51. The number of likely N-dealkylation sites (tertiary alicyclic amines) is 1. The zero-order valence-corrected chi connectivity index (χ0v) is 21.7. The van der Waals surface area contributed by atoms with Crippen molar-refractivity contribution in [1.82, 2.24) is 4.90 Å². The van der Waals surface area contributed by atoms with Crippen molar-refractivity contribution in [2.24, 2.45) is 11.8 Å². The Bertz CT molecular complexity index is 469. The number of carbonyl (C=O) groups excluding carboxylic acids is 2. The smallest absolute Gasteiger partial charge is 0.309 e. The Morgan fingerprint density at radius 1 is 0.750 bits per heavy atom. The van der Waals surface area contributed by atoms with Crippen LogP contribution in [0.3, 0.4) is 0 Å². The van der Waals surface area contributed by atoms with Gasteiger partial charge in [-0.2, -0.15) is 0 Å². The Balaban J connectivity index is 1.86. The fraction of sp³-hybridized carbons (Fsp3) is 0.929. The highest BCUT2D eigenvalue weighted by molar-refractivity contribution is 5.77. The zero-order chi connectivity index (χ0) is 23.4. The molecular weight excluding hydrogens is 398 g/mol. The van der Waals surface area contributed by atoms with Crippen molar-refractivity contribution in [2.45, 2.75) is 136 Å². The van der Waals surface area contributed by atoms with E-state index >= 15 is 0 Å². The molecule has 0 radical (unpaired) electrons. The lowest BCUT2D eigenvalue weighted by Gasteiger charge is -2.31. The van der Waals surface area contributed by atoms with Crippen LogP contribution in [0.5, 0.6) is 0 Å². The summed E-state index contributed by atoms with van der Waals surface area (Å²) in [5.74, 6) is 0.547.